The average Bonchev–Trinajstić information content (AvgIpc) is 2.98. The third kappa shape index (κ3) is 5.77. The van der Waals surface area contributed by atoms with Gasteiger partial charge in [0.25, 0.3) is 0 Å². The van der Waals surface area contributed by atoms with Gasteiger partial charge >= 0.3 is 0 Å². The van der Waals surface area contributed by atoms with Crippen molar-refractivity contribution in [2.45, 2.75) is 58.5 Å². The van der Waals surface area contributed by atoms with Crippen molar-refractivity contribution >= 4 is 11.8 Å². The number of methoxy groups -OCH3 is 2. The van der Waals surface area contributed by atoms with Crippen LogP contribution in [-0.2, 0) is 22.6 Å². The SMILES string of the molecule is COc1ccc(CCC(=O)NC2CCC(=O)N(Cc3c(C)noc3C)CC2)cc1OC. The summed E-state index contributed by atoms with van der Waals surface area (Å²) in [5.41, 5.74) is 2.79. The molecule has 0 aliphatic carbocycles. The second kappa shape index (κ2) is 10.3. The van der Waals surface area contributed by atoms with Crippen LogP contribution in [0.25, 0.3) is 0 Å². The molecule has 1 aliphatic rings. The Morgan fingerprint density at radius 1 is 1.23 bits per heavy atom. The lowest BCUT2D eigenvalue weighted by Gasteiger charge is -2.21. The third-order valence-corrected chi connectivity index (χ3v) is 5.79. The van der Waals surface area contributed by atoms with E-state index >= 15 is 0 Å². The summed E-state index contributed by atoms with van der Waals surface area (Å²) in [5.74, 6) is 2.16. The summed E-state index contributed by atoms with van der Waals surface area (Å²) >= 11 is 0. The number of hydrogen-bond acceptors (Lipinski definition) is 6. The molecule has 1 aromatic carbocycles. The molecule has 1 unspecified atom stereocenters. The fourth-order valence-corrected chi connectivity index (χ4v) is 3.86. The first-order valence-electron chi connectivity index (χ1n) is 10.6. The molecule has 0 spiro atoms. The van der Waals surface area contributed by atoms with Crippen LogP contribution in [0.15, 0.2) is 22.7 Å². The fourth-order valence-electron chi connectivity index (χ4n) is 3.86. The molecule has 1 atom stereocenters. The molecule has 1 N–H and O–H groups in total. The van der Waals surface area contributed by atoms with Gasteiger partial charge < -0.3 is 24.2 Å². The predicted molar refractivity (Wildman–Crippen MR) is 115 cm³/mol. The number of ether oxygens (including phenoxy) is 2. The van der Waals surface area contributed by atoms with Crippen LogP contribution in [0, 0.1) is 13.8 Å². The zero-order valence-corrected chi connectivity index (χ0v) is 18.7. The normalized spacial score (nSPS) is 16.7. The van der Waals surface area contributed by atoms with Crippen molar-refractivity contribution < 1.29 is 23.6 Å². The number of likely N-dealkylation sites (tertiary alicyclic amines) is 1. The summed E-state index contributed by atoms with van der Waals surface area (Å²) in [6.45, 7) is 4.85. The minimum absolute atomic E-state index is 0.00322. The molecule has 1 saturated heterocycles. The number of aryl methyl sites for hydroxylation is 3. The van der Waals surface area contributed by atoms with Crippen molar-refractivity contribution in [2.24, 2.45) is 0 Å². The van der Waals surface area contributed by atoms with Crippen LogP contribution in [0.5, 0.6) is 11.5 Å². The van der Waals surface area contributed by atoms with Crippen molar-refractivity contribution in [2.75, 3.05) is 20.8 Å². The van der Waals surface area contributed by atoms with E-state index in [-0.39, 0.29) is 17.9 Å². The first-order valence-corrected chi connectivity index (χ1v) is 10.6. The molecule has 1 aromatic heterocycles. The van der Waals surface area contributed by atoms with Gasteiger partial charge in [-0.1, -0.05) is 11.2 Å². The largest absolute Gasteiger partial charge is 0.493 e. The maximum Gasteiger partial charge on any atom is 0.222 e. The topological polar surface area (TPSA) is 93.9 Å². The Labute approximate surface area is 182 Å². The molecule has 0 saturated carbocycles. The predicted octanol–water partition coefficient (Wildman–Crippen LogP) is 2.94. The number of rotatable bonds is 8. The minimum Gasteiger partial charge on any atom is -0.493 e. The van der Waals surface area contributed by atoms with Gasteiger partial charge in [-0.15, -0.1) is 0 Å². The second-order valence-electron chi connectivity index (χ2n) is 7.90. The molecular weight excluding hydrogens is 398 g/mol. The zero-order valence-electron chi connectivity index (χ0n) is 18.7. The molecule has 2 aromatic rings. The van der Waals surface area contributed by atoms with Crippen molar-refractivity contribution in [3.05, 3.63) is 40.8 Å². The lowest BCUT2D eigenvalue weighted by molar-refractivity contribution is -0.131. The second-order valence-corrected chi connectivity index (χ2v) is 7.90. The summed E-state index contributed by atoms with van der Waals surface area (Å²) in [7, 11) is 3.19. The van der Waals surface area contributed by atoms with E-state index in [0.29, 0.717) is 50.3 Å². The average molecular weight is 430 g/mol. The highest BCUT2D eigenvalue weighted by atomic mass is 16.5. The standard InChI is InChI=1S/C23H31N3O5/c1-15-19(16(2)31-25-15)14-26-12-11-18(7-10-23(26)28)24-22(27)9-6-17-5-8-20(29-3)21(13-17)30-4/h5,8,13,18H,6-7,9-12,14H2,1-4H3,(H,24,27). The molecule has 8 nitrogen and oxygen atoms in total. The Balaban J connectivity index is 1.50. The van der Waals surface area contributed by atoms with E-state index in [9.17, 15) is 9.59 Å². The van der Waals surface area contributed by atoms with Crippen LogP contribution < -0.4 is 14.8 Å². The van der Waals surface area contributed by atoms with Crippen molar-refractivity contribution in [1.29, 1.82) is 0 Å². The molecule has 0 bridgehead atoms. The van der Waals surface area contributed by atoms with E-state index in [1.807, 2.05) is 36.9 Å². The highest BCUT2D eigenvalue weighted by molar-refractivity contribution is 5.78. The number of carbonyl (C=O) groups excluding carboxylic acids is 2. The molecule has 3 rings (SSSR count). The van der Waals surface area contributed by atoms with Gasteiger partial charge in [0.15, 0.2) is 11.5 Å². The highest BCUT2D eigenvalue weighted by Gasteiger charge is 2.25. The number of aromatic nitrogens is 1. The Kier molecular flexibility index (Phi) is 7.55. The van der Waals surface area contributed by atoms with Crippen LogP contribution in [0.1, 0.15) is 48.3 Å². The number of carbonyl (C=O) groups is 2. The molecule has 2 heterocycles. The first-order chi connectivity index (χ1) is 14.9. The van der Waals surface area contributed by atoms with Gasteiger partial charge in [-0.25, -0.2) is 0 Å². The van der Waals surface area contributed by atoms with Gasteiger partial charge in [0, 0.05) is 31.0 Å². The van der Waals surface area contributed by atoms with Gasteiger partial charge in [-0.05, 0) is 50.8 Å². The van der Waals surface area contributed by atoms with Crippen LogP contribution in [0.2, 0.25) is 0 Å². The van der Waals surface area contributed by atoms with E-state index in [4.69, 9.17) is 14.0 Å². The van der Waals surface area contributed by atoms with Crippen LogP contribution in [-0.4, -0.2) is 48.7 Å². The summed E-state index contributed by atoms with van der Waals surface area (Å²) in [6, 6.07) is 5.67. The maximum atomic E-state index is 12.6. The van der Waals surface area contributed by atoms with Crippen molar-refractivity contribution in [1.82, 2.24) is 15.4 Å². The maximum absolute atomic E-state index is 12.6. The molecule has 2 amide bonds. The Hall–Kier alpha value is -3.03. The van der Waals surface area contributed by atoms with E-state index < -0.39 is 0 Å². The Morgan fingerprint density at radius 3 is 2.68 bits per heavy atom. The zero-order chi connectivity index (χ0) is 22.4. The van der Waals surface area contributed by atoms with E-state index in [1.165, 1.54) is 0 Å². The van der Waals surface area contributed by atoms with E-state index in [0.717, 1.165) is 29.0 Å². The molecule has 1 aliphatic heterocycles. The lowest BCUT2D eigenvalue weighted by atomic mass is 10.1. The monoisotopic (exact) mass is 429 g/mol. The molecule has 1 fully saturated rings. The van der Waals surface area contributed by atoms with Gasteiger partial charge in [0.05, 0.1) is 26.5 Å². The lowest BCUT2D eigenvalue weighted by Crippen LogP contribution is -2.36. The first kappa shape index (κ1) is 22.7. The summed E-state index contributed by atoms with van der Waals surface area (Å²) in [5, 5.41) is 7.06. The Bertz CT molecular complexity index is 904. The minimum atomic E-state index is -0.00796. The number of hydrogen-bond donors (Lipinski definition) is 1. The van der Waals surface area contributed by atoms with Gasteiger partial charge in [0.2, 0.25) is 11.8 Å². The third-order valence-electron chi connectivity index (χ3n) is 5.79. The van der Waals surface area contributed by atoms with Gasteiger partial charge in [0.1, 0.15) is 5.76 Å². The smallest absolute Gasteiger partial charge is 0.222 e. The number of benzene rings is 1. The van der Waals surface area contributed by atoms with E-state index in [1.54, 1.807) is 14.2 Å². The van der Waals surface area contributed by atoms with Crippen LogP contribution in [0.3, 0.4) is 0 Å². The van der Waals surface area contributed by atoms with E-state index in [2.05, 4.69) is 10.5 Å². The van der Waals surface area contributed by atoms with Gasteiger partial charge in [-0.3, -0.25) is 9.59 Å². The fraction of sp³-hybridized carbons (Fsp3) is 0.522. The molecule has 8 heteroatoms. The number of amides is 2. The van der Waals surface area contributed by atoms with Crippen LogP contribution >= 0.6 is 0 Å². The highest BCUT2D eigenvalue weighted by Crippen LogP contribution is 2.28. The molecule has 31 heavy (non-hydrogen) atoms. The number of nitrogens with zero attached hydrogens (tertiary/aromatic N) is 2. The molecule has 168 valence electrons. The van der Waals surface area contributed by atoms with Crippen molar-refractivity contribution in [3.8, 4) is 11.5 Å². The van der Waals surface area contributed by atoms with Crippen molar-refractivity contribution in [3.63, 3.8) is 0 Å². The molecular formula is C23H31N3O5. The summed E-state index contributed by atoms with van der Waals surface area (Å²) in [6.07, 6.45) is 2.79. The van der Waals surface area contributed by atoms with Crippen LogP contribution in [0.4, 0.5) is 0 Å². The summed E-state index contributed by atoms with van der Waals surface area (Å²) < 4.78 is 15.8. The number of nitrogens with one attached hydrogen (secondary N) is 1. The van der Waals surface area contributed by atoms with Gasteiger partial charge in [-0.2, -0.15) is 0 Å². The quantitative estimate of drug-likeness (QED) is 0.693. The molecule has 0 radical (unpaired) electrons. The summed E-state index contributed by atoms with van der Waals surface area (Å²) in [4.78, 5) is 26.9. The Morgan fingerprint density at radius 2 is 2.00 bits per heavy atom.